The molecule has 0 fully saturated rings. The van der Waals surface area contributed by atoms with E-state index in [0.29, 0.717) is 5.69 Å². The van der Waals surface area contributed by atoms with Gasteiger partial charge >= 0.3 is 0 Å². The highest BCUT2D eigenvalue weighted by atomic mass is 32.2. The highest BCUT2D eigenvalue weighted by Crippen LogP contribution is 2.15. The minimum absolute atomic E-state index is 0.0880. The van der Waals surface area contributed by atoms with E-state index in [1.54, 1.807) is 26.0 Å². The van der Waals surface area contributed by atoms with Crippen LogP contribution in [0.25, 0.3) is 0 Å². The number of sulfonamides is 1. The molecule has 0 radical (unpaired) electrons. The molecule has 2 aromatic rings. The van der Waals surface area contributed by atoms with E-state index in [1.165, 1.54) is 12.1 Å². The smallest absolute Gasteiger partial charge is 0.243 e. The summed E-state index contributed by atoms with van der Waals surface area (Å²) in [4.78, 5) is 12.2. The lowest BCUT2D eigenvalue weighted by atomic mass is 10.2. The number of hydrogen-bond donors (Lipinski definition) is 3. The van der Waals surface area contributed by atoms with E-state index < -0.39 is 10.0 Å². The van der Waals surface area contributed by atoms with Gasteiger partial charge in [0.25, 0.3) is 0 Å². The molecule has 0 aliphatic heterocycles. The van der Waals surface area contributed by atoms with Gasteiger partial charge in [-0.15, -0.1) is 0 Å². The largest absolute Gasteiger partial charge is 0.376 e. The Bertz CT molecular complexity index is 831. The molecule has 0 heterocycles. The van der Waals surface area contributed by atoms with Crippen molar-refractivity contribution < 1.29 is 13.2 Å². The second-order valence-electron chi connectivity index (χ2n) is 6.02. The van der Waals surface area contributed by atoms with E-state index in [-0.39, 0.29) is 23.4 Å². The van der Waals surface area contributed by atoms with Crippen LogP contribution in [0.4, 0.5) is 11.4 Å². The minimum Gasteiger partial charge on any atom is -0.376 e. The van der Waals surface area contributed by atoms with Gasteiger partial charge in [-0.25, -0.2) is 13.1 Å². The molecule has 0 saturated heterocycles. The maximum Gasteiger partial charge on any atom is 0.243 e. The zero-order chi connectivity index (χ0) is 18.4. The number of nitrogens with one attached hydrogen (secondary N) is 3. The minimum atomic E-state index is -3.51. The SMILES string of the molecule is Cc1ccccc1NC(=O)CNc1ccc(S(=O)(=O)NC(C)C)cc1. The predicted molar refractivity (Wildman–Crippen MR) is 100 cm³/mol. The van der Waals surface area contributed by atoms with Crippen molar-refractivity contribution in [3.8, 4) is 0 Å². The molecule has 2 rings (SSSR count). The summed E-state index contributed by atoms with van der Waals surface area (Å²) in [5, 5.41) is 5.81. The molecule has 1 amide bonds. The number of aryl methyl sites for hydroxylation is 1. The van der Waals surface area contributed by atoms with Gasteiger partial charge in [0.15, 0.2) is 0 Å². The van der Waals surface area contributed by atoms with Gasteiger partial charge in [0.1, 0.15) is 0 Å². The third kappa shape index (κ3) is 5.58. The van der Waals surface area contributed by atoms with Crippen LogP contribution >= 0.6 is 0 Å². The molecule has 7 heteroatoms. The van der Waals surface area contributed by atoms with Crippen LogP contribution in [-0.4, -0.2) is 26.9 Å². The topological polar surface area (TPSA) is 87.3 Å². The van der Waals surface area contributed by atoms with E-state index in [9.17, 15) is 13.2 Å². The van der Waals surface area contributed by atoms with Gasteiger partial charge in [0.2, 0.25) is 15.9 Å². The molecule has 0 unspecified atom stereocenters. The molecule has 134 valence electrons. The number of para-hydroxylation sites is 1. The molecule has 0 aliphatic carbocycles. The van der Waals surface area contributed by atoms with Crippen LogP contribution in [-0.2, 0) is 14.8 Å². The zero-order valence-corrected chi connectivity index (χ0v) is 15.4. The number of benzene rings is 2. The standard InChI is InChI=1S/C18H23N3O3S/c1-13(2)21-25(23,24)16-10-8-15(9-11-16)19-12-18(22)20-17-7-5-4-6-14(17)3/h4-11,13,19,21H,12H2,1-3H3,(H,20,22). The van der Waals surface area contributed by atoms with E-state index in [4.69, 9.17) is 0 Å². The Morgan fingerprint density at radius 1 is 1.04 bits per heavy atom. The number of hydrogen-bond acceptors (Lipinski definition) is 4. The third-order valence-electron chi connectivity index (χ3n) is 3.43. The first kappa shape index (κ1) is 19.0. The molecule has 0 bridgehead atoms. The quantitative estimate of drug-likeness (QED) is 0.708. The van der Waals surface area contributed by atoms with Crippen molar-refractivity contribution in [3.63, 3.8) is 0 Å². The molecule has 0 atom stereocenters. The lowest BCUT2D eigenvalue weighted by molar-refractivity contribution is -0.114. The summed E-state index contributed by atoms with van der Waals surface area (Å²) in [5.74, 6) is -0.174. The monoisotopic (exact) mass is 361 g/mol. The Morgan fingerprint density at radius 3 is 2.28 bits per heavy atom. The van der Waals surface area contributed by atoms with Gasteiger partial charge in [-0.3, -0.25) is 4.79 Å². The average Bonchev–Trinajstić information content (AvgIpc) is 2.54. The van der Waals surface area contributed by atoms with Crippen LogP contribution in [0.5, 0.6) is 0 Å². The van der Waals surface area contributed by atoms with E-state index in [0.717, 1.165) is 11.3 Å². The molecule has 0 aliphatic rings. The predicted octanol–water partition coefficient (Wildman–Crippen LogP) is 2.73. The summed E-state index contributed by atoms with van der Waals surface area (Å²) in [6.07, 6.45) is 0. The van der Waals surface area contributed by atoms with Crippen LogP contribution in [0.2, 0.25) is 0 Å². The molecular weight excluding hydrogens is 338 g/mol. The Kier molecular flexibility index (Phi) is 6.17. The lowest BCUT2D eigenvalue weighted by Crippen LogP contribution is -2.30. The molecule has 0 aromatic heterocycles. The Labute approximate surface area is 148 Å². The molecule has 2 aromatic carbocycles. The van der Waals surface area contributed by atoms with Crippen LogP contribution in [0, 0.1) is 6.92 Å². The second kappa shape index (κ2) is 8.13. The lowest BCUT2D eigenvalue weighted by Gasteiger charge is -2.11. The van der Waals surface area contributed by atoms with Gasteiger partial charge < -0.3 is 10.6 Å². The number of carbonyl (C=O) groups is 1. The van der Waals surface area contributed by atoms with E-state index in [1.807, 2.05) is 31.2 Å². The van der Waals surface area contributed by atoms with E-state index >= 15 is 0 Å². The molecule has 0 spiro atoms. The molecule has 25 heavy (non-hydrogen) atoms. The summed E-state index contributed by atoms with van der Waals surface area (Å²) in [6, 6.07) is 13.6. The van der Waals surface area contributed by atoms with Gasteiger partial charge in [-0.1, -0.05) is 18.2 Å². The molecular formula is C18H23N3O3S. The Balaban J connectivity index is 1.93. The van der Waals surface area contributed by atoms with Gasteiger partial charge in [0, 0.05) is 17.4 Å². The molecule has 6 nitrogen and oxygen atoms in total. The van der Waals surface area contributed by atoms with Gasteiger partial charge in [-0.2, -0.15) is 0 Å². The summed E-state index contributed by atoms with van der Waals surface area (Å²) < 4.78 is 26.6. The summed E-state index contributed by atoms with van der Waals surface area (Å²) in [5.41, 5.74) is 2.43. The van der Waals surface area contributed by atoms with Gasteiger partial charge in [-0.05, 0) is 56.7 Å². The first-order chi connectivity index (χ1) is 11.8. The Hall–Kier alpha value is -2.38. The van der Waals surface area contributed by atoms with Crippen molar-refractivity contribution >= 4 is 27.3 Å². The summed E-state index contributed by atoms with van der Waals surface area (Å²) >= 11 is 0. The van der Waals surface area contributed by atoms with Crippen molar-refractivity contribution in [2.24, 2.45) is 0 Å². The fourth-order valence-corrected chi connectivity index (χ4v) is 3.47. The third-order valence-corrected chi connectivity index (χ3v) is 5.10. The van der Waals surface area contributed by atoms with Crippen molar-refractivity contribution in [1.82, 2.24) is 4.72 Å². The van der Waals surface area contributed by atoms with Gasteiger partial charge in [0.05, 0.1) is 11.4 Å². The summed E-state index contributed by atoms with van der Waals surface area (Å²) in [7, 11) is -3.51. The first-order valence-corrected chi connectivity index (χ1v) is 9.48. The van der Waals surface area contributed by atoms with Crippen LogP contribution < -0.4 is 15.4 Å². The fraction of sp³-hybridized carbons (Fsp3) is 0.278. The zero-order valence-electron chi connectivity index (χ0n) is 14.5. The maximum atomic E-state index is 12.1. The van der Waals surface area contributed by atoms with Crippen molar-refractivity contribution in [1.29, 1.82) is 0 Å². The fourth-order valence-electron chi connectivity index (χ4n) is 2.22. The van der Waals surface area contributed by atoms with Crippen LogP contribution in [0.15, 0.2) is 53.4 Å². The molecule has 0 saturated carbocycles. The number of amides is 1. The van der Waals surface area contributed by atoms with Crippen molar-refractivity contribution in [2.45, 2.75) is 31.7 Å². The maximum absolute atomic E-state index is 12.1. The highest BCUT2D eigenvalue weighted by Gasteiger charge is 2.14. The number of rotatable bonds is 7. The first-order valence-electron chi connectivity index (χ1n) is 7.99. The van der Waals surface area contributed by atoms with Crippen molar-refractivity contribution in [3.05, 3.63) is 54.1 Å². The Morgan fingerprint density at radius 2 is 1.68 bits per heavy atom. The van der Waals surface area contributed by atoms with E-state index in [2.05, 4.69) is 15.4 Å². The van der Waals surface area contributed by atoms with Crippen LogP contribution in [0.1, 0.15) is 19.4 Å². The van der Waals surface area contributed by atoms with Crippen molar-refractivity contribution in [2.75, 3.05) is 17.2 Å². The highest BCUT2D eigenvalue weighted by molar-refractivity contribution is 7.89. The number of anilines is 2. The molecule has 3 N–H and O–H groups in total. The summed E-state index contributed by atoms with van der Waals surface area (Å²) in [6.45, 7) is 5.54. The number of carbonyl (C=O) groups excluding carboxylic acids is 1. The second-order valence-corrected chi connectivity index (χ2v) is 7.73. The average molecular weight is 361 g/mol. The normalized spacial score (nSPS) is 11.4. The van der Waals surface area contributed by atoms with Crippen LogP contribution in [0.3, 0.4) is 0 Å².